The molecule has 0 saturated heterocycles. The van der Waals surface area contributed by atoms with Crippen molar-refractivity contribution in [3.63, 3.8) is 0 Å². The first-order valence-corrected chi connectivity index (χ1v) is 7.95. The van der Waals surface area contributed by atoms with Gasteiger partial charge in [-0.1, -0.05) is 49.3 Å². The topological polar surface area (TPSA) is 72.2 Å². The van der Waals surface area contributed by atoms with Gasteiger partial charge in [0.25, 0.3) is 0 Å². The minimum absolute atomic E-state index is 0.0423. The van der Waals surface area contributed by atoms with E-state index < -0.39 is 15.4 Å². The molecule has 19 heavy (non-hydrogen) atoms. The van der Waals surface area contributed by atoms with E-state index in [4.69, 9.17) is 41.2 Å². The highest BCUT2D eigenvalue weighted by molar-refractivity contribution is 7.89. The van der Waals surface area contributed by atoms with Gasteiger partial charge < -0.3 is 5.73 Å². The van der Waals surface area contributed by atoms with E-state index in [1.54, 1.807) is 13.8 Å². The second-order valence-electron chi connectivity index (χ2n) is 4.65. The molecular formula is C11H14Cl2N2O2S2. The summed E-state index contributed by atoms with van der Waals surface area (Å²) in [6.07, 6.45) is 0. The molecule has 0 heterocycles. The first kappa shape index (κ1) is 16.7. The Labute approximate surface area is 128 Å². The first-order valence-electron chi connectivity index (χ1n) is 5.31. The van der Waals surface area contributed by atoms with Crippen molar-refractivity contribution in [2.75, 3.05) is 6.54 Å². The van der Waals surface area contributed by atoms with Crippen molar-refractivity contribution >= 4 is 50.4 Å². The van der Waals surface area contributed by atoms with E-state index in [1.165, 1.54) is 18.2 Å². The van der Waals surface area contributed by atoms with Crippen molar-refractivity contribution < 1.29 is 8.42 Å². The summed E-state index contributed by atoms with van der Waals surface area (Å²) in [7, 11) is -3.67. The zero-order valence-corrected chi connectivity index (χ0v) is 13.6. The maximum atomic E-state index is 12.1. The Hall–Kier alpha value is -0.400. The van der Waals surface area contributed by atoms with Crippen LogP contribution in [0.3, 0.4) is 0 Å². The highest BCUT2D eigenvalue weighted by Gasteiger charge is 2.25. The quantitative estimate of drug-likeness (QED) is 0.808. The molecule has 0 aromatic heterocycles. The van der Waals surface area contributed by atoms with E-state index >= 15 is 0 Å². The predicted octanol–water partition coefficient (Wildman–Crippen LogP) is 2.58. The number of sulfonamides is 1. The molecule has 0 aliphatic rings. The van der Waals surface area contributed by atoms with Crippen molar-refractivity contribution in [2.45, 2.75) is 18.7 Å². The van der Waals surface area contributed by atoms with Gasteiger partial charge in [0, 0.05) is 12.0 Å². The van der Waals surface area contributed by atoms with Crippen LogP contribution in [0.15, 0.2) is 23.1 Å². The van der Waals surface area contributed by atoms with Crippen molar-refractivity contribution in [2.24, 2.45) is 11.1 Å². The lowest BCUT2D eigenvalue weighted by Crippen LogP contribution is -2.41. The van der Waals surface area contributed by atoms with E-state index in [1.807, 2.05) is 0 Å². The summed E-state index contributed by atoms with van der Waals surface area (Å²) < 4.78 is 26.6. The predicted molar refractivity (Wildman–Crippen MR) is 82.2 cm³/mol. The van der Waals surface area contributed by atoms with Gasteiger partial charge >= 0.3 is 0 Å². The van der Waals surface area contributed by atoms with E-state index in [0.717, 1.165) is 0 Å². The van der Waals surface area contributed by atoms with Gasteiger partial charge in [0.2, 0.25) is 10.0 Å². The number of nitrogens with two attached hydrogens (primary N) is 1. The van der Waals surface area contributed by atoms with E-state index in [2.05, 4.69) is 4.72 Å². The molecule has 0 aliphatic heterocycles. The molecule has 4 nitrogen and oxygen atoms in total. The summed E-state index contributed by atoms with van der Waals surface area (Å²) in [5.41, 5.74) is 4.93. The fourth-order valence-electron chi connectivity index (χ4n) is 1.09. The molecule has 0 amide bonds. The number of halogens is 2. The van der Waals surface area contributed by atoms with Crippen LogP contribution < -0.4 is 10.5 Å². The lowest BCUT2D eigenvalue weighted by atomic mass is 9.94. The summed E-state index contributed by atoms with van der Waals surface area (Å²) in [5.74, 6) is 0. The molecule has 0 atom stereocenters. The van der Waals surface area contributed by atoms with Gasteiger partial charge in [0.05, 0.1) is 19.9 Å². The molecule has 0 unspecified atom stereocenters. The lowest BCUT2D eigenvalue weighted by molar-refractivity contribution is 0.501. The summed E-state index contributed by atoms with van der Waals surface area (Å²) in [4.78, 5) is 0.282. The largest absolute Gasteiger partial charge is 0.393 e. The smallest absolute Gasteiger partial charge is 0.240 e. The van der Waals surface area contributed by atoms with Crippen LogP contribution in [0.4, 0.5) is 0 Å². The molecular weight excluding hydrogens is 327 g/mol. The number of hydrogen-bond acceptors (Lipinski definition) is 3. The van der Waals surface area contributed by atoms with Gasteiger partial charge in [0.1, 0.15) is 0 Å². The van der Waals surface area contributed by atoms with Crippen LogP contribution in [0.25, 0.3) is 0 Å². The van der Waals surface area contributed by atoms with Gasteiger partial charge in [0.15, 0.2) is 0 Å². The standard InChI is InChI=1S/C11H14Cl2N2O2S2/c1-11(2,10(14)18)6-15-19(16,17)7-3-4-8(12)9(13)5-7/h3-5,15H,6H2,1-2H3,(H2,14,18). The summed E-state index contributed by atoms with van der Waals surface area (Å²) >= 11 is 16.4. The van der Waals surface area contributed by atoms with Crippen LogP contribution in [0.1, 0.15) is 13.8 Å². The van der Waals surface area contributed by atoms with Gasteiger partial charge in [-0.05, 0) is 18.2 Å². The number of thiocarbonyl (C=S) groups is 1. The van der Waals surface area contributed by atoms with Crippen LogP contribution in [0.5, 0.6) is 0 Å². The maximum absolute atomic E-state index is 12.1. The van der Waals surface area contributed by atoms with E-state index in [0.29, 0.717) is 5.02 Å². The van der Waals surface area contributed by atoms with Crippen molar-refractivity contribution in [1.82, 2.24) is 4.72 Å². The molecule has 0 fully saturated rings. The van der Waals surface area contributed by atoms with Crippen LogP contribution in [-0.4, -0.2) is 20.0 Å². The number of nitrogens with one attached hydrogen (secondary N) is 1. The molecule has 8 heteroatoms. The Morgan fingerprint density at radius 1 is 1.37 bits per heavy atom. The fourth-order valence-corrected chi connectivity index (χ4v) is 2.76. The van der Waals surface area contributed by atoms with E-state index in [-0.39, 0.29) is 21.5 Å². The Kier molecular flexibility index (Phi) is 5.20. The number of benzene rings is 1. The third-order valence-electron chi connectivity index (χ3n) is 2.57. The van der Waals surface area contributed by atoms with Crippen LogP contribution in [-0.2, 0) is 10.0 Å². The Balaban J connectivity index is 2.93. The van der Waals surface area contributed by atoms with Crippen molar-refractivity contribution in [1.29, 1.82) is 0 Å². The first-order chi connectivity index (χ1) is 8.56. The Bertz CT molecular complexity index is 601. The zero-order chi connectivity index (χ0) is 14.8. The van der Waals surface area contributed by atoms with Crippen LogP contribution >= 0.6 is 35.4 Å². The fraction of sp³-hybridized carbons (Fsp3) is 0.364. The highest BCUT2D eigenvalue weighted by atomic mass is 35.5. The minimum atomic E-state index is -3.67. The lowest BCUT2D eigenvalue weighted by Gasteiger charge is -2.23. The number of hydrogen-bond donors (Lipinski definition) is 2. The van der Waals surface area contributed by atoms with Gasteiger partial charge in [-0.3, -0.25) is 0 Å². The monoisotopic (exact) mass is 340 g/mol. The maximum Gasteiger partial charge on any atom is 0.240 e. The second-order valence-corrected chi connectivity index (χ2v) is 7.67. The van der Waals surface area contributed by atoms with Crippen LogP contribution in [0, 0.1) is 5.41 Å². The Morgan fingerprint density at radius 3 is 2.42 bits per heavy atom. The Morgan fingerprint density at radius 2 is 1.95 bits per heavy atom. The molecule has 0 radical (unpaired) electrons. The molecule has 0 aliphatic carbocycles. The van der Waals surface area contributed by atoms with Gasteiger partial charge in [-0.25, -0.2) is 13.1 Å². The number of rotatable bonds is 5. The molecule has 1 rings (SSSR count). The third-order valence-corrected chi connectivity index (χ3v) is 5.26. The van der Waals surface area contributed by atoms with Gasteiger partial charge in [-0.2, -0.15) is 0 Å². The second kappa shape index (κ2) is 5.93. The third kappa shape index (κ3) is 4.29. The zero-order valence-electron chi connectivity index (χ0n) is 10.4. The average molecular weight is 341 g/mol. The minimum Gasteiger partial charge on any atom is -0.393 e. The molecule has 0 spiro atoms. The van der Waals surface area contributed by atoms with Crippen LogP contribution in [0.2, 0.25) is 10.0 Å². The molecule has 0 saturated carbocycles. The SMILES string of the molecule is CC(C)(CNS(=O)(=O)c1ccc(Cl)c(Cl)c1)C(N)=S. The molecule has 3 N–H and O–H groups in total. The van der Waals surface area contributed by atoms with E-state index in [9.17, 15) is 8.42 Å². The highest BCUT2D eigenvalue weighted by Crippen LogP contribution is 2.25. The molecule has 1 aromatic rings. The average Bonchev–Trinajstić information content (AvgIpc) is 2.30. The normalized spacial score (nSPS) is 12.4. The summed E-state index contributed by atoms with van der Waals surface area (Å²) in [6.45, 7) is 3.62. The summed E-state index contributed by atoms with van der Waals surface area (Å²) in [6, 6.07) is 4.10. The molecule has 1 aromatic carbocycles. The van der Waals surface area contributed by atoms with Crippen molar-refractivity contribution in [3.05, 3.63) is 28.2 Å². The van der Waals surface area contributed by atoms with Gasteiger partial charge in [-0.15, -0.1) is 0 Å². The summed E-state index contributed by atoms with van der Waals surface area (Å²) in [5, 5.41) is 0.474. The molecule has 0 bridgehead atoms. The molecule has 106 valence electrons. The van der Waals surface area contributed by atoms with Crippen molar-refractivity contribution in [3.8, 4) is 0 Å².